The fourth-order valence-corrected chi connectivity index (χ4v) is 2.46. The van der Waals surface area contributed by atoms with E-state index in [1.54, 1.807) is 0 Å². The summed E-state index contributed by atoms with van der Waals surface area (Å²) in [5.74, 6) is -6.89. The molecule has 1 amide bonds. The lowest BCUT2D eigenvalue weighted by Crippen LogP contribution is -2.54. The number of halogens is 4. The summed E-state index contributed by atoms with van der Waals surface area (Å²) in [6.07, 6.45) is 0.524. The Morgan fingerprint density at radius 1 is 1.36 bits per heavy atom. The topological polar surface area (TPSA) is 66.6 Å². The van der Waals surface area contributed by atoms with Gasteiger partial charge in [-0.05, 0) is 17.9 Å². The second kappa shape index (κ2) is 6.34. The third kappa shape index (κ3) is 3.15. The zero-order chi connectivity index (χ0) is 15.9. The summed E-state index contributed by atoms with van der Waals surface area (Å²) in [5.41, 5.74) is 4.90. The summed E-state index contributed by atoms with van der Waals surface area (Å²) < 4.78 is 40.1. The quantitative estimate of drug-likeness (QED) is 0.773. The van der Waals surface area contributed by atoms with Gasteiger partial charge in [0.2, 0.25) is 5.82 Å². The smallest absolute Gasteiger partial charge is 0.257 e. The van der Waals surface area contributed by atoms with Crippen LogP contribution in [-0.2, 0) is 0 Å². The average molecular weight is 339 g/mol. The lowest BCUT2D eigenvalue weighted by molar-refractivity contribution is 0.0527. The van der Waals surface area contributed by atoms with Gasteiger partial charge in [-0.1, -0.05) is 13.8 Å². The first-order chi connectivity index (χ1) is 9.65. The van der Waals surface area contributed by atoms with E-state index in [1.807, 2.05) is 13.8 Å². The number of hydrogen-bond donors (Lipinski definition) is 2. The highest BCUT2D eigenvalue weighted by Crippen LogP contribution is 2.31. The van der Waals surface area contributed by atoms with Crippen LogP contribution in [0.2, 0.25) is 0 Å². The molecule has 1 aliphatic heterocycles. The molecule has 0 spiro atoms. The van der Waals surface area contributed by atoms with Crippen molar-refractivity contribution in [1.29, 1.82) is 0 Å². The Morgan fingerprint density at radius 3 is 2.50 bits per heavy atom. The first-order valence-electron chi connectivity index (χ1n) is 6.56. The van der Waals surface area contributed by atoms with E-state index in [1.165, 1.54) is 4.90 Å². The molecule has 1 aromatic rings. The largest absolute Gasteiger partial charge is 0.503 e. The summed E-state index contributed by atoms with van der Waals surface area (Å²) in [7, 11) is 0. The molecular weight excluding hydrogens is 321 g/mol. The molecule has 0 radical (unpaired) electrons. The Hall–Kier alpha value is -1.47. The summed E-state index contributed by atoms with van der Waals surface area (Å²) >= 11 is 0. The highest BCUT2D eigenvalue weighted by Gasteiger charge is 2.36. The molecule has 3 N–H and O–H groups in total. The number of phenolic OH excluding ortho intramolecular Hbond substituents is 1. The number of carbonyl (C=O) groups excluding carboxylic acids is 1. The van der Waals surface area contributed by atoms with Gasteiger partial charge in [0.05, 0.1) is 5.56 Å². The molecule has 1 heterocycles. The molecule has 22 heavy (non-hydrogen) atoms. The van der Waals surface area contributed by atoms with Gasteiger partial charge in [0.15, 0.2) is 17.4 Å². The molecule has 2 rings (SSSR count). The number of piperidine rings is 1. The normalized spacial score (nSPS) is 20.5. The first-order valence-corrected chi connectivity index (χ1v) is 6.56. The number of likely N-dealkylation sites (tertiary alicyclic amines) is 1. The minimum absolute atomic E-state index is 0. The molecule has 0 aliphatic carbocycles. The monoisotopic (exact) mass is 338 g/mol. The Balaban J connectivity index is 0.00000242. The Bertz CT molecular complexity index is 596. The predicted octanol–water partition coefficient (Wildman–Crippen LogP) is 2.43. The van der Waals surface area contributed by atoms with Crippen molar-refractivity contribution >= 4 is 18.3 Å². The standard InChI is InChI=1S/C14H17F3N2O2.ClH/c1-14(2)6-19(4-3-9(14)18)13(21)7-5-8(15)11(17)12(20)10(7)16;/h5,9,20H,3-4,6,18H2,1-2H3;1H. The first kappa shape index (κ1) is 18.6. The van der Waals surface area contributed by atoms with E-state index in [4.69, 9.17) is 5.73 Å². The number of rotatable bonds is 1. The maximum atomic E-state index is 13.8. The van der Waals surface area contributed by atoms with Gasteiger partial charge >= 0.3 is 0 Å². The van der Waals surface area contributed by atoms with E-state index in [9.17, 15) is 23.1 Å². The highest BCUT2D eigenvalue weighted by atomic mass is 35.5. The minimum atomic E-state index is -1.70. The maximum absolute atomic E-state index is 13.8. The van der Waals surface area contributed by atoms with Crippen molar-refractivity contribution < 1.29 is 23.1 Å². The summed E-state index contributed by atoms with van der Waals surface area (Å²) in [6.45, 7) is 4.31. The van der Waals surface area contributed by atoms with Gasteiger partial charge in [0.25, 0.3) is 5.91 Å². The minimum Gasteiger partial charge on any atom is -0.503 e. The van der Waals surface area contributed by atoms with Crippen molar-refractivity contribution in [3.05, 3.63) is 29.1 Å². The summed E-state index contributed by atoms with van der Waals surface area (Å²) in [6, 6.07) is 0.360. The number of nitrogens with zero attached hydrogens (tertiary/aromatic N) is 1. The van der Waals surface area contributed by atoms with Crippen molar-refractivity contribution in [3.63, 3.8) is 0 Å². The van der Waals surface area contributed by atoms with Crippen LogP contribution in [0, 0.1) is 22.9 Å². The molecule has 1 fully saturated rings. The van der Waals surface area contributed by atoms with Gasteiger partial charge < -0.3 is 15.7 Å². The number of nitrogens with two attached hydrogens (primary N) is 1. The van der Waals surface area contributed by atoms with E-state index >= 15 is 0 Å². The number of phenols is 1. The number of aromatic hydroxyl groups is 1. The number of benzene rings is 1. The van der Waals surface area contributed by atoms with Gasteiger partial charge in [-0.25, -0.2) is 8.78 Å². The molecule has 8 heteroatoms. The van der Waals surface area contributed by atoms with E-state index < -0.39 is 34.7 Å². The zero-order valence-electron chi connectivity index (χ0n) is 12.2. The third-order valence-corrected chi connectivity index (χ3v) is 3.96. The predicted molar refractivity (Wildman–Crippen MR) is 77.5 cm³/mol. The third-order valence-electron chi connectivity index (χ3n) is 3.96. The maximum Gasteiger partial charge on any atom is 0.257 e. The molecule has 1 atom stereocenters. The number of hydrogen-bond acceptors (Lipinski definition) is 3. The van der Waals surface area contributed by atoms with Crippen molar-refractivity contribution in [2.24, 2.45) is 11.1 Å². The van der Waals surface area contributed by atoms with Crippen molar-refractivity contribution in [3.8, 4) is 5.75 Å². The molecule has 1 saturated heterocycles. The van der Waals surface area contributed by atoms with Crippen molar-refractivity contribution in [2.45, 2.75) is 26.3 Å². The van der Waals surface area contributed by atoms with Gasteiger partial charge in [0.1, 0.15) is 0 Å². The van der Waals surface area contributed by atoms with Crippen LogP contribution in [-0.4, -0.2) is 35.0 Å². The lowest BCUT2D eigenvalue weighted by atomic mass is 9.79. The molecule has 0 saturated carbocycles. The van der Waals surface area contributed by atoms with Crippen LogP contribution in [0.1, 0.15) is 30.6 Å². The van der Waals surface area contributed by atoms with E-state index in [2.05, 4.69) is 0 Å². The molecule has 1 unspecified atom stereocenters. The number of amides is 1. The van der Waals surface area contributed by atoms with Gasteiger partial charge in [0, 0.05) is 19.1 Å². The molecule has 1 aliphatic rings. The zero-order valence-corrected chi connectivity index (χ0v) is 13.0. The van der Waals surface area contributed by atoms with E-state index in [0.717, 1.165) is 0 Å². The molecule has 4 nitrogen and oxygen atoms in total. The highest BCUT2D eigenvalue weighted by molar-refractivity contribution is 5.95. The van der Waals surface area contributed by atoms with Crippen LogP contribution in [0.5, 0.6) is 5.75 Å². The fraction of sp³-hybridized carbons (Fsp3) is 0.500. The van der Waals surface area contributed by atoms with Crippen LogP contribution in [0.25, 0.3) is 0 Å². The van der Waals surface area contributed by atoms with Crippen LogP contribution in [0.4, 0.5) is 13.2 Å². The molecule has 124 valence electrons. The molecule has 1 aromatic carbocycles. The Kier molecular flexibility index (Phi) is 5.35. The van der Waals surface area contributed by atoms with Gasteiger partial charge in [-0.2, -0.15) is 4.39 Å². The van der Waals surface area contributed by atoms with Crippen molar-refractivity contribution in [1.82, 2.24) is 4.90 Å². The average Bonchev–Trinajstić information content (AvgIpc) is 2.42. The van der Waals surface area contributed by atoms with Crippen LogP contribution in [0.3, 0.4) is 0 Å². The van der Waals surface area contributed by atoms with Crippen LogP contribution in [0.15, 0.2) is 6.07 Å². The lowest BCUT2D eigenvalue weighted by Gasteiger charge is -2.42. The van der Waals surface area contributed by atoms with Crippen LogP contribution < -0.4 is 5.73 Å². The van der Waals surface area contributed by atoms with Crippen LogP contribution >= 0.6 is 12.4 Å². The van der Waals surface area contributed by atoms with Gasteiger partial charge in [-0.15, -0.1) is 12.4 Å². The molecule has 0 aromatic heterocycles. The summed E-state index contributed by atoms with van der Waals surface area (Å²) in [5, 5.41) is 9.18. The second-order valence-electron chi connectivity index (χ2n) is 5.99. The fourth-order valence-electron chi connectivity index (χ4n) is 2.46. The van der Waals surface area contributed by atoms with Gasteiger partial charge in [-0.3, -0.25) is 4.79 Å². The molecule has 0 bridgehead atoms. The Labute approximate surface area is 132 Å². The molecular formula is C14H18ClF3N2O2. The summed E-state index contributed by atoms with van der Waals surface area (Å²) in [4.78, 5) is 13.6. The van der Waals surface area contributed by atoms with E-state index in [0.29, 0.717) is 19.0 Å². The van der Waals surface area contributed by atoms with Crippen molar-refractivity contribution in [2.75, 3.05) is 13.1 Å². The second-order valence-corrected chi connectivity index (χ2v) is 5.99. The SMILES string of the molecule is CC1(C)CN(C(=O)c2cc(F)c(F)c(O)c2F)CCC1N.Cl. The Morgan fingerprint density at radius 2 is 1.95 bits per heavy atom. The van der Waals surface area contributed by atoms with E-state index in [-0.39, 0.29) is 30.4 Å². The number of carbonyl (C=O) groups is 1.